The lowest BCUT2D eigenvalue weighted by molar-refractivity contribution is 0.102. The van der Waals surface area contributed by atoms with Crippen molar-refractivity contribution in [1.82, 2.24) is 25.8 Å². The van der Waals surface area contributed by atoms with Gasteiger partial charge in [0.05, 0.1) is 24.5 Å². The van der Waals surface area contributed by atoms with Crippen LogP contribution in [0.4, 0.5) is 20.4 Å². The molecule has 10 nitrogen and oxygen atoms in total. The standard InChI is InChI=1S/C30H25F2N9OS/c31-22-14-35-28(36-15-22)41-16-21-17-43-29(40-37-13-19-4-2-1-3-5-19)39-30(21,18-41)24-10-23(7-8-25(24)32)38-27(42)26-9-6-20(11-33)12-34-26/h1-10,12,14-15,21,37H,13,16-18H2,(H,38,42)(H,39,40)/t21-,30-/m0/s1. The zero-order valence-electron chi connectivity index (χ0n) is 22.7. The number of nitrogens with one attached hydrogen (secondary N) is 3. The van der Waals surface area contributed by atoms with Gasteiger partial charge < -0.3 is 15.6 Å². The van der Waals surface area contributed by atoms with Gasteiger partial charge in [-0.3, -0.25) is 4.79 Å². The van der Waals surface area contributed by atoms with Gasteiger partial charge in [-0.05, 0) is 35.9 Å². The van der Waals surface area contributed by atoms with Gasteiger partial charge in [-0.2, -0.15) is 5.26 Å². The smallest absolute Gasteiger partial charge is 0.274 e. The number of hydrogen-bond acceptors (Lipinski definition) is 10. The van der Waals surface area contributed by atoms with Crippen LogP contribution in [0, 0.1) is 28.9 Å². The minimum Gasteiger partial charge on any atom is -0.338 e. The van der Waals surface area contributed by atoms with E-state index < -0.39 is 23.1 Å². The summed E-state index contributed by atoms with van der Waals surface area (Å²) in [5.74, 6) is -0.740. The Bertz CT molecular complexity index is 1700. The molecular formula is C30H25F2N9OS. The number of benzene rings is 2. The number of rotatable bonds is 7. The van der Waals surface area contributed by atoms with Crippen molar-refractivity contribution in [2.75, 3.05) is 29.1 Å². The van der Waals surface area contributed by atoms with Gasteiger partial charge in [-0.25, -0.2) is 34.2 Å². The molecule has 2 atom stereocenters. The van der Waals surface area contributed by atoms with Crippen LogP contribution in [0.2, 0.25) is 0 Å². The first-order valence-corrected chi connectivity index (χ1v) is 14.4. The lowest BCUT2D eigenvalue weighted by Gasteiger charge is -2.36. The van der Waals surface area contributed by atoms with Gasteiger partial charge in [0.2, 0.25) is 5.95 Å². The van der Waals surface area contributed by atoms with Crippen molar-refractivity contribution in [2.24, 2.45) is 10.9 Å². The van der Waals surface area contributed by atoms with E-state index in [1.54, 1.807) is 6.07 Å². The highest BCUT2D eigenvalue weighted by Crippen LogP contribution is 2.47. The normalized spacial score (nSPS) is 19.2. The van der Waals surface area contributed by atoms with Crippen LogP contribution < -0.4 is 21.1 Å². The molecular weight excluding hydrogens is 572 g/mol. The van der Waals surface area contributed by atoms with Gasteiger partial charge in [0.25, 0.3) is 5.91 Å². The van der Waals surface area contributed by atoms with Crippen molar-refractivity contribution < 1.29 is 13.6 Å². The molecule has 0 unspecified atom stereocenters. The first-order chi connectivity index (χ1) is 20.9. The second kappa shape index (κ2) is 12.1. The van der Waals surface area contributed by atoms with Crippen LogP contribution in [0.25, 0.3) is 0 Å². The Labute approximate surface area is 250 Å². The second-order valence-corrected chi connectivity index (χ2v) is 11.1. The number of pyridine rings is 1. The average Bonchev–Trinajstić information content (AvgIpc) is 3.43. The van der Waals surface area contributed by atoms with E-state index in [-0.39, 0.29) is 18.2 Å². The molecule has 2 aromatic heterocycles. The molecule has 0 spiro atoms. The Hall–Kier alpha value is -4.93. The summed E-state index contributed by atoms with van der Waals surface area (Å²) in [4.78, 5) is 32.2. The maximum absolute atomic E-state index is 15.7. The van der Waals surface area contributed by atoms with Crippen molar-refractivity contribution in [3.05, 3.63) is 113 Å². The SMILES string of the molecule is N#Cc1ccc(C(=O)Nc2ccc(F)c([C@]34CN(c5ncc(F)cn5)C[C@H]3CSC(NNCc3ccccc3)=N4)c2)nc1. The van der Waals surface area contributed by atoms with E-state index in [9.17, 15) is 9.18 Å². The van der Waals surface area contributed by atoms with Crippen LogP contribution in [-0.2, 0) is 12.1 Å². The highest BCUT2D eigenvalue weighted by molar-refractivity contribution is 8.13. The Morgan fingerprint density at radius 3 is 2.63 bits per heavy atom. The molecule has 43 heavy (non-hydrogen) atoms. The molecule has 1 amide bonds. The Balaban J connectivity index is 1.31. The molecule has 2 aliphatic heterocycles. The van der Waals surface area contributed by atoms with E-state index in [2.05, 4.69) is 31.1 Å². The zero-order chi connectivity index (χ0) is 29.8. The van der Waals surface area contributed by atoms with Crippen molar-refractivity contribution in [3.63, 3.8) is 0 Å². The monoisotopic (exact) mass is 597 g/mol. The molecule has 4 heterocycles. The molecule has 1 fully saturated rings. The maximum Gasteiger partial charge on any atom is 0.274 e. The average molecular weight is 598 g/mol. The van der Waals surface area contributed by atoms with Gasteiger partial charge in [0, 0.05) is 42.2 Å². The number of halogens is 2. The molecule has 6 rings (SSSR count). The van der Waals surface area contributed by atoms with E-state index in [0.29, 0.717) is 46.8 Å². The van der Waals surface area contributed by atoms with Crippen molar-refractivity contribution in [3.8, 4) is 6.07 Å². The van der Waals surface area contributed by atoms with Crippen molar-refractivity contribution >= 4 is 34.5 Å². The van der Waals surface area contributed by atoms with E-state index in [1.807, 2.05) is 41.3 Å². The molecule has 0 aliphatic carbocycles. The molecule has 4 aromatic rings. The fourth-order valence-electron chi connectivity index (χ4n) is 5.20. The summed E-state index contributed by atoms with van der Waals surface area (Å²) in [5, 5.41) is 12.4. The first kappa shape index (κ1) is 28.2. The van der Waals surface area contributed by atoms with Crippen LogP contribution in [0.5, 0.6) is 0 Å². The summed E-state index contributed by atoms with van der Waals surface area (Å²) in [6.45, 7) is 1.25. The number of nitrogens with zero attached hydrogens (tertiary/aromatic N) is 6. The molecule has 13 heteroatoms. The number of carbonyl (C=O) groups excluding carboxylic acids is 1. The molecule has 2 aromatic carbocycles. The molecule has 2 aliphatic rings. The topological polar surface area (TPSA) is 131 Å². The van der Waals surface area contributed by atoms with Crippen molar-refractivity contribution in [2.45, 2.75) is 12.1 Å². The predicted molar refractivity (Wildman–Crippen MR) is 159 cm³/mol. The third-order valence-electron chi connectivity index (χ3n) is 7.31. The fraction of sp³-hybridized carbons (Fsp3) is 0.200. The molecule has 0 radical (unpaired) electrons. The number of hydrogen-bond donors (Lipinski definition) is 3. The van der Waals surface area contributed by atoms with Gasteiger partial charge in [0.1, 0.15) is 23.1 Å². The molecule has 0 bridgehead atoms. The summed E-state index contributed by atoms with van der Waals surface area (Å²) in [5.41, 5.74) is 7.50. The third-order valence-corrected chi connectivity index (χ3v) is 8.34. The number of amidine groups is 1. The number of aromatic nitrogens is 3. The summed E-state index contributed by atoms with van der Waals surface area (Å²) in [6.07, 6.45) is 3.51. The molecule has 1 saturated heterocycles. The van der Waals surface area contributed by atoms with Gasteiger partial charge in [0.15, 0.2) is 11.0 Å². The zero-order valence-corrected chi connectivity index (χ0v) is 23.5. The molecule has 3 N–H and O–H groups in total. The summed E-state index contributed by atoms with van der Waals surface area (Å²) >= 11 is 1.51. The number of hydrazine groups is 1. The van der Waals surface area contributed by atoms with Crippen LogP contribution in [0.1, 0.15) is 27.2 Å². The van der Waals surface area contributed by atoms with Crippen LogP contribution >= 0.6 is 11.8 Å². The minimum absolute atomic E-state index is 0.115. The highest BCUT2D eigenvalue weighted by Gasteiger charge is 2.52. The van der Waals surface area contributed by atoms with Crippen molar-refractivity contribution in [1.29, 1.82) is 5.26 Å². The number of anilines is 2. The number of carbonyl (C=O) groups is 1. The summed E-state index contributed by atoms with van der Waals surface area (Å²) in [7, 11) is 0. The Morgan fingerprint density at radius 2 is 1.88 bits per heavy atom. The molecule has 0 saturated carbocycles. The third kappa shape index (κ3) is 6.01. The Kier molecular flexibility index (Phi) is 7.95. The van der Waals surface area contributed by atoms with E-state index >= 15 is 4.39 Å². The van der Waals surface area contributed by atoms with Crippen LogP contribution in [0.15, 0.2) is 84.2 Å². The molecule has 216 valence electrons. The summed E-state index contributed by atoms with van der Waals surface area (Å²) < 4.78 is 29.3. The lowest BCUT2D eigenvalue weighted by Crippen LogP contribution is -2.45. The lowest BCUT2D eigenvalue weighted by atomic mass is 9.81. The van der Waals surface area contributed by atoms with Gasteiger partial charge in [-0.15, -0.1) is 0 Å². The maximum atomic E-state index is 15.7. The second-order valence-electron chi connectivity index (χ2n) is 10.1. The van der Waals surface area contributed by atoms with E-state index in [1.165, 1.54) is 42.2 Å². The number of aliphatic imine (C=N–C) groups is 1. The largest absolute Gasteiger partial charge is 0.338 e. The number of fused-ring (bicyclic) bond motifs is 1. The van der Waals surface area contributed by atoms with Gasteiger partial charge in [-0.1, -0.05) is 42.1 Å². The summed E-state index contributed by atoms with van der Waals surface area (Å²) in [6, 6.07) is 19.2. The van der Waals surface area contributed by atoms with Gasteiger partial charge >= 0.3 is 0 Å². The van der Waals surface area contributed by atoms with E-state index in [4.69, 9.17) is 10.3 Å². The number of amides is 1. The van der Waals surface area contributed by atoms with Crippen LogP contribution in [0.3, 0.4) is 0 Å². The quantitative estimate of drug-likeness (QED) is 0.271. The Morgan fingerprint density at radius 1 is 1.07 bits per heavy atom. The van der Waals surface area contributed by atoms with E-state index in [0.717, 1.165) is 18.0 Å². The predicted octanol–water partition coefficient (Wildman–Crippen LogP) is 4.00. The first-order valence-electron chi connectivity index (χ1n) is 13.4. The highest BCUT2D eigenvalue weighted by atomic mass is 32.2. The number of thioether (sulfide) groups is 1. The minimum atomic E-state index is -1.06. The fourth-order valence-corrected chi connectivity index (χ4v) is 6.32. The van der Waals surface area contributed by atoms with Crippen LogP contribution in [-0.4, -0.2) is 44.9 Å². The number of nitriles is 1.